The van der Waals surface area contributed by atoms with Crippen molar-refractivity contribution in [1.29, 1.82) is 0 Å². The maximum atomic E-state index is 6.21. The summed E-state index contributed by atoms with van der Waals surface area (Å²) < 4.78 is 0. The fourth-order valence-corrected chi connectivity index (χ4v) is 3.19. The lowest BCUT2D eigenvalue weighted by Gasteiger charge is -2.37. The van der Waals surface area contributed by atoms with Crippen molar-refractivity contribution in [2.75, 3.05) is 18.0 Å². The Morgan fingerprint density at radius 3 is 2.79 bits per heavy atom. The van der Waals surface area contributed by atoms with Gasteiger partial charge in [0.25, 0.3) is 0 Å². The lowest BCUT2D eigenvalue weighted by Crippen LogP contribution is -2.48. The Labute approximate surface area is 141 Å². The molecule has 0 spiro atoms. The number of fused-ring (bicyclic) bond motifs is 1. The first kappa shape index (κ1) is 15.1. The van der Waals surface area contributed by atoms with Gasteiger partial charge in [0.15, 0.2) is 0 Å². The average molecular weight is 322 g/mol. The molecule has 6 nitrogen and oxygen atoms in total. The SMILES string of the molecule is Cc1cccc(-c2[nH]nc3nc(N4CCC(C)(N)CC4)cnc23)c1. The van der Waals surface area contributed by atoms with Crippen LogP contribution < -0.4 is 10.6 Å². The number of nitrogens with two attached hydrogens (primary N) is 1. The molecule has 1 saturated heterocycles. The third-order valence-electron chi connectivity index (χ3n) is 4.79. The number of aromatic amines is 1. The maximum Gasteiger partial charge on any atom is 0.202 e. The lowest BCUT2D eigenvalue weighted by atomic mass is 9.91. The number of hydrogen-bond donors (Lipinski definition) is 2. The van der Waals surface area contributed by atoms with E-state index in [0.717, 1.165) is 48.5 Å². The highest BCUT2D eigenvalue weighted by Crippen LogP contribution is 2.27. The minimum Gasteiger partial charge on any atom is -0.355 e. The summed E-state index contributed by atoms with van der Waals surface area (Å²) in [6.07, 6.45) is 3.76. The largest absolute Gasteiger partial charge is 0.355 e. The second-order valence-corrected chi connectivity index (χ2v) is 7.01. The van der Waals surface area contributed by atoms with Crippen molar-refractivity contribution in [1.82, 2.24) is 20.2 Å². The predicted molar refractivity (Wildman–Crippen MR) is 95.9 cm³/mol. The van der Waals surface area contributed by atoms with E-state index in [1.807, 2.05) is 12.3 Å². The van der Waals surface area contributed by atoms with Crippen LogP contribution in [0.2, 0.25) is 0 Å². The van der Waals surface area contributed by atoms with Crippen LogP contribution in [0.5, 0.6) is 0 Å². The topological polar surface area (TPSA) is 83.7 Å². The fraction of sp³-hybridized carbons (Fsp3) is 0.389. The molecule has 0 bridgehead atoms. The van der Waals surface area contributed by atoms with Crippen molar-refractivity contribution >= 4 is 17.0 Å². The first-order valence-electron chi connectivity index (χ1n) is 8.34. The standard InChI is InChI=1S/C18H22N6/c1-12-4-3-5-13(10-12)15-16-17(23-22-15)21-14(11-20-16)24-8-6-18(2,19)7-9-24/h3-5,10-11H,6-9,19H2,1-2H3,(H,21,22,23). The molecule has 24 heavy (non-hydrogen) atoms. The number of benzene rings is 1. The molecule has 6 heteroatoms. The molecule has 1 aliphatic rings. The van der Waals surface area contributed by atoms with Crippen molar-refractivity contribution in [3.63, 3.8) is 0 Å². The van der Waals surface area contributed by atoms with Gasteiger partial charge in [0, 0.05) is 24.2 Å². The number of aryl methyl sites for hydroxylation is 1. The summed E-state index contributed by atoms with van der Waals surface area (Å²) in [6, 6.07) is 8.29. The summed E-state index contributed by atoms with van der Waals surface area (Å²) in [5, 5.41) is 7.45. The monoisotopic (exact) mass is 322 g/mol. The molecular formula is C18H22N6. The predicted octanol–water partition coefficient (Wildman–Crippen LogP) is 2.65. The van der Waals surface area contributed by atoms with Gasteiger partial charge in [0.2, 0.25) is 5.65 Å². The van der Waals surface area contributed by atoms with E-state index in [-0.39, 0.29) is 5.54 Å². The van der Waals surface area contributed by atoms with Crippen LogP contribution in [0.4, 0.5) is 5.82 Å². The van der Waals surface area contributed by atoms with E-state index in [1.54, 1.807) is 0 Å². The van der Waals surface area contributed by atoms with E-state index in [2.05, 4.69) is 52.1 Å². The number of H-pyrrole nitrogens is 1. The zero-order valence-electron chi connectivity index (χ0n) is 14.1. The molecule has 2 aromatic heterocycles. The Morgan fingerprint density at radius 2 is 2.04 bits per heavy atom. The van der Waals surface area contributed by atoms with Gasteiger partial charge in [-0.2, -0.15) is 5.10 Å². The van der Waals surface area contributed by atoms with E-state index in [0.29, 0.717) is 5.65 Å². The van der Waals surface area contributed by atoms with Crippen molar-refractivity contribution in [2.24, 2.45) is 5.73 Å². The molecule has 124 valence electrons. The smallest absolute Gasteiger partial charge is 0.202 e. The van der Waals surface area contributed by atoms with Crippen LogP contribution in [0.1, 0.15) is 25.3 Å². The summed E-state index contributed by atoms with van der Waals surface area (Å²) in [4.78, 5) is 11.6. The van der Waals surface area contributed by atoms with Gasteiger partial charge in [0.05, 0.1) is 11.9 Å². The zero-order chi connectivity index (χ0) is 16.7. The van der Waals surface area contributed by atoms with Crippen molar-refractivity contribution < 1.29 is 0 Å². The van der Waals surface area contributed by atoms with Gasteiger partial charge in [0.1, 0.15) is 11.3 Å². The van der Waals surface area contributed by atoms with Gasteiger partial charge in [-0.15, -0.1) is 0 Å². The van der Waals surface area contributed by atoms with Gasteiger partial charge in [-0.05, 0) is 32.8 Å². The molecule has 1 aromatic carbocycles. The Hall–Kier alpha value is -2.47. The molecule has 0 saturated carbocycles. The number of hydrogen-bond acceptors (Lipinski definition) is 5. The summed E-state index contributed by atoms with van der Waals surface area (Å²) >= 11 is 0. The third-order valence-corrected chi connectivity index (χ3v) is 4.79. The van der Waals surface area contributed by atoms with Crippen LogP contribution in [0.3, 0.4) is 0 Å². The summed E-state index contributed by atoms with van der Waals surface area (Å²) in [7, 11) is 0. The first-order valence-corrected chi connectivity index (χ1v) is 8.34. The molecule has 1 fully saturated rings. The van der Waals surface area contributed by atoms with Crippen molar-refractivity contribution in [3.05, 3.63) is 36.0 Å². The van der Waals surface area contributed by atoms with E-state index in [4.69, 9.17) is 10.7 Å². The number of rotatable bonds is 2. The summed E-state index contributed by atoms with van der Waals surface area (Å²) in [5.41, 5.74) is 10.8. The molecule has 4 rings (SSSR count). The average Bonchev–Trinajstić information content (AvgIpc) is 2.98. The highest BCUT2D eigenvalue weighted by atomic mass is 15.2. The van der Waals surface area contributed by atoms with Crippen LogP contribution in [0.25, 0.3) is 22.4 Å². The van der Waals surface area contributed by atoms with Crippen LogP contribution >= 0.6 is 0 Å². The van der Waals surface area contributed by atoms with Crippen LogP contribution in [-0.4, -0.2) is 38.8 Å². The number of nitrogens with zero attached hydrogens (tertiary/aromatic N) is 4. The Morgan fingerprint density at radius 1 is 1.25 bits per heavy atom. The molecule has 0 aliphatic carbocycles. The second-order valence-electron chi connectivity index (χ2n) is 7.01. The van der Waals surface area contributed by atoms with Crippen LogP contribution in [0, 0.1) is 6.92 Å². The summed E-state index contributed by atoms with van der Waals surface area (Å²) in [5.74, 6) is 0.875. The zero-order valence-corrected chi connectivity index (χ0v) is 14.1. The lowest BCUT2D eigenvalue weighted by molar-refractivity contribution is 0.363. The Bertz CT molecular complexity index is 872. The molecule has 0 atom stereocenters. The Kier molecular flexibility index (Phi) is 3.49. The summed E-state index contributed by atoms with van der Waals surface area (Å²) in [6.45, 7) is 6.00. The van der Waals surface area contributed by atoms with Gasteiger partial charge >= 0.3 is 0 Å². The molecule has 1 aliphatic heterocycles. The molecule has 3 heterocycles. The second kappa shape index (κ2) is 5.56. The van der Waals surface area contributed by atoms with E-state index in [1.165, 1.54) is 5.56 Å². The minimum atomic E-state index is -0.0707. The molecule has 0 amide bonds. The number of anilines is 1. The normalized spacial score (nSPS) is 17.4. The van der Waals surface area contributed by atoms with Gasteiger partial charge in [-0.1, -0.05) is 23.8 Å². The third kappa shape index (κ3) is 2.73. The van der Waals surface area contributed by atoms with E-state index < -0.39 is 0 Å². The number of piperidine rings is 1. The molecule has 3 aromatic rings. The van der Waals surface area contributed by atoms with Gasteiger partial charge in [-0.3, -0.25) is 5.10 Å². The van der Waals surface area contributed by atoms with Crippen LogP contribution in [-0.2, 0) is 0 Å². The molecule has 0 unspecified atom stereocenters. The van der Waals surface area contributed by atoms with Gasteiger partial charge < -0.3 is 10.6 Å². The van der Waals surface area contributed by atoms with Crippen LogP contribution in [0.15, 0.2) is 30.5 Å². The highest BCUT2D eigenvalue weighted by Gasteiger charge is 2.27. The van der Waals surface area contributed by atoms with E-state index in [9.17, 15) is 0 Å². The van der Waals surface area contributed by atoms with Crippen molar-refractivity contribution in [2.45, 2.75) is 32.2 Å². The Balaban J connectivity index is 1.66. The van der Waals surface area contributed by atoms with Crippen molar-refractivity contribution in [3.8, 4) is 11.3 Å². The fourth-order valence-electron chi connectivity index (χ4n) is 3.19. The first-order chi connectivity index (χ1) is 11.5. The maximum absolute atomic E-state index is 6.21. The molecule has 0 radical (unpaired) electrons. The quantitative estimate of drug-likeness (QED) is 0.758. The molecule has 3 N–H and O–H groups in total. The minimum absolute atomic E-state index is 0.0707. The van der Waals surface area contributed by atoms with Gasteiger partial charge in [-0.25, -0.2) is 9.97 Å². The molecular weight excluding hydrogens is 300 g/mol. The van der Waals surface area contributed by atoms with E-state index >= 15 is 0 Å². The number of aromatic nitrogens is 4. The number of nitrogens with one attached hydrogen (secondary N) is 1. The highest BCUT2D eigenvalue weighted by molar-refractivity contribution is 5.87.